The van der Waals surface area contributed by atoms with Gasteiger partial charge in [-0.15, -0.1) is 11.3 Å². The third kappa shape index (κ3) is 6.44. The van der Waals surface area contributed by atoms with Crippen LogP contribution in [0.4, 0.5) is 0 Å². The minimum absolute atomic E-state index is 0.00537. The normalized spacial score (nSPS) is 10.7. The summed E-state index contributed by atoms with van der Waals surface area (Å²) in [5.41, 5.74) is 2.26. The smallest absolute Gasteiger partial charge is 0.357 e. The largest absolute Gasteiger partial charge is 0.464 e. The molecule has 152 valence electrons. The molecule has 1 amide bonds. The Labute approximate surface area is 171 Å². The fraction of sp³-hybridized carbons (Fsp3) is 0.500. The van der Waals surface area contributed by atoms with Gasteiger partial charge in [-0.1, -0.05) is 45.2 Å². The summed E-state index contributed by atoms with van der Waals surface area (Å²) in [5.74, 6) is -0.459. The molecule has 0 N–H and O–H groups in total. The molecule has 2 aromatic rings. The van der Waals surface area contributed by atoms with E-state index in [0.29, 0.717) is 24.3 Å². The predicted octanol–water partition coefficient (Wildman–Crippen LogP) is 5.10. The fourth-order valence-electron chi connectivity index (χ4n) is 3.02. The molecule has 0 aliphatic rings. The number of aromatic nitrogens is 1. The van der Waals surface area contributed by atoms with E-state index in [1.54, 1.807) is 10.3 Å². The molecule has 0 saturated carbocycles. The van der Waals surface area contributed by atoms with E-state index in [1.807, 2.05) is 19.1 Å². The number of hydrogen-bond acceptors (Lipinski definition) is 5. The lowest BCUT2D eigenvalue weighted by molar-refractivity contribution is 0.0594. The van der Waals surface area contributed by atoms with Crippen molar-refractivity contribution in [2.75, 3.05) is 13.7 Å². The average Bonchev–Trinajstić information content (AvgIpc) is 3.19. The molecule has 6 heteroatoms. The summed E-state index contributed by atoms with van der Waals surface area (Å²) in [5, 5.41) is 2.40. The maximum Gasteiger partial charge on any atom is 0.357 e. The van der Waals surface area contributed by atoms with Gasteiger partial charge >= 0.3 is 5.97 Å². The van der Waals surface area contributed by atoms with Crippen LogP contribution in [-0.2, 0) is 17.7 Å². The lowest BCUT2D eigenvalue weighted by Gasteiger charge is -2.21. The summed E-state index contributed by atoms with van der Waals surface area (Å²) in [4.78, 5) is 30.6. The molecular formula is C22H30N2O3S. The number of benzene rings is 1. The van der Waals surface area contributed by atoms with Crippen molar-refractivity contribution in [3.05, 3.63) is 51.5 Å². The van der Waals surface area contributed by atoms with Crippen molar-refractivity contribution in [2.45, 2.75) is 58.9 Å². The molecule has 0 radical (unpaired) electrons. The molecule has 0 saturated heterocycles. The van der Waals surface area contributed by atoms with Gasteiger partial charge in [0.1, 0.15) is 5.01 Å². The molecule has 0 bridgehead atoms. The van der Waals surface area contributed by atoms with Crippen molar-refractivity contribution in [3.8, 4) is 0 Å². The topological polar surface area (TPSA) is 59.5 Å². The highest BCUT2D eigenvalue weighted by Crippen LogP contribution is 2.17. The van der Waals surface area contributed by atoms with Crippen LogP contribution in [0.25, 0.3) is 0 Å². The van der Waals surface area contributed by atoms with E-state index in [1.165, 1.54) is 49.7 Å². The first-order chi connectivity index (χ1) is 13.6. The van der Waals surface area contributed by atoms with Gasteiger partial charge < -0.3 is 9.64 Å². The van der Waals surface area contributed by atoms with Gasteiger partial charge in [0.05, 0.1) is 13.7 Å². The minimum atomic E-state index is -0.453. The standard InChI is InChI=1S/C22H30N2O3S/c1-4-6-7-8-9-17-10-12-18(13-11-17)21(25)24(14-5-2)15-20-23-19(16-28-20)22(26)27-3/h10-13,16H,4-9,14-15H2,1-3H3. The number of methoxy groups -OCH3 is 1. The zero-order valence-corrected chi connectivity index (χ0v) is 17.9. The van der Waals surface area contributed by atoms with Crippen LogP contribution < -0.4 is 0 Å². The van der Waals surface area contributed by atoms with Gasteiger partial charge in [-0.05, 0) is 37.0 Å². The summed E-state index contributed by atoms with van der Waals surface area (Å²) < 4.78 is 4.70. The molecule has 0 fully saturated rings. The highest BCUT2D eigenvalue weighted by atomic mass is 32.1. The van der Waals surface area contributed by atoms with Crippen LogP contribution in [0.2, 0.25) is 0 Å². The number of rotatable bonds is 11. The quantitative estimate of drug-likeness (QED) is 0.387. The van der Waals surface area contributed by atoms with E-state index < -0.39 is 5.97 Å². The zero-order chi connectivity index (χ0) is 20.4. The van der Waals surface area contributed by atoms with Crippen LogP contribution in [-0.4, -0.2) is 35.4 Å². The van der Waals surface area contributed by atoms with Crippen molar-refractivity contribution in [1.29, 1.82) is 0 Å². The molecule has 0 aliphatic heterocycles. The molecule has 0 spiro atoms. The summed E-state index contributed by atoms with van der Waals surface area (Å²) in [6.45, 7) is 5.30. The molecule has 28 heavy (non-hydrogen) atoms. The fourth-order valence-corrected chi connectivity index (χ4v) is 3.80. The monoisotopic (exact) mass is 402 g/mol. The van der Waals surface area contributed by atoms with Crippen LogP contribution in [0.3, 0.4) is 0 Å². The van der Waals surface area contributed by atoms with Gasteiger partial charge in [-0.3, -0.25) is 4.79 Å². The number of unbranched alkanes of at least 4 members (excludes halogenated alkanes) is 3. The van der Waals surface area contributed by atoms with Crippen LogP contribution in [0.5, 0.6) is 0 Å². The van der Waals surface area contributed by atoms with Gasteiger partial charge in [0.25, 0.3) is 5.91 Å². The number of aryl methyl sites for hydroxylation is 1. The number of ether oxygens (including phenoxy) is 1. The van der Waals surface area contributed by atoms with Crippen LogP contribution in [0, 0.1) is 0 Å². The lowest BCUT2D eigenvalue weighted by atomic mass is 10.0. The molecular weight excluding hydrogens is 372 g/mol. The average molecular weight is 403 g/mol. The Balaban J connectivity index is 2.01. The highest BCUT2D eigenvalue weighted by molar-refractivity contribution is 7.09. The van der Waals surface area contributed by atoms with E-state index in [4.69, 9.17) is 4.74 Å². The van der Waals surface area contributed by atoms with Crippen molar-refractivity contribution >= 4 is 23.2 Å². The molecule has 1 heterocycles. The first-order valence-corrected chi connectivity index (χ1v) is 10.9. The molecule has 2 rings (SSSR count). The van der Waals surface area contributed by atoms with Crippen LogP contribution in [0.15, 0.2) is 29.6 Å². The Morgan fingerprint density at radius 1 is 1.07 bits per heavy atom. The van der Waals surface area contributed by atoms with Crippen LogP contribution in [0.1, 0.15) is 77.4 Å². The van der Waals surface area contributed by atoms with Crippen molar-refractivity contribution in [2.24, 2.45) is 0 Å². The maximum atomic E-state index is 13.0. The second-order valence-corrected chi connectivity index (χ2v) is 7.80. The first-order valence-electron chi connectivity index (χ1n) is 10.00. The number of carbonyl (C=O) groups is 2. The molecule has 5 nitrogen and oxygen atoms in total. The molecule has 0 atom stereocenters. The van der Waals surface area contributed by atoms with E-state index in [2.05, 4.69) is 24.0 Å². The van der Waals surface area contributed by atoms with Crippen molar-refractivity contribution in [3.63, 3.8) is 0 Å². The van der Waals surface area contributed by atoms with Gasteiger partial charge in [0, 0.05) is 17.5 Å². The van der Waals surface area contributed by atoms with Gasteiger partial charge in [0.15, 0.2) is 5.69 Å². The van der Waals surface area contributed by atoms with E-state index >= 15 is 0 Å². The summed E-state index contributed by atoms with van der Waals surface area (Å²) in [6, 6.07) is 7.95. The Hall–Kier alpha value is -2.21. The summed E-state index contributed by atoms with van der Waals surface area (Å²) >= 11 is 1.37. The molecule has 1 aromatic carbocycles. The number of thiazole rings is 1. The van der Waals surface area contributed by atoms with Crippen molar-refractivity contribution < 1.29 is 14.3 Å². The first kappa shape index (κ1) is 22.1. The lowest BCUT2D eigenvalue weighted by Crippen LogP contribution is -2.31. The summed E-state index contributed by atoms with van der Waals surface area (Å²) in [7, 11) is 1.34. The van der Waals surface area contributed by atoms with E-state index in [9.17, 15) is 9.59 Å². The molecule has 1 aromatic heterocycles. The van der Waals surface area contributed by atoms with E-state index in [-0.39, 0.29) is 5.91 Å². The van der Waals surface area contributed by atoms with Gasteiger partial charge in [0.2, 0.25) is 0 Å². The third-order valence-electron chi connectivity index (χ3n) is 4.57. The Morgan fingerprint density at radius 2 is 1.82 bits per heavy atom. The van der Waals surface area contributed by atoms with Gasteiger partial charge in [-0.2, -0.15) is 0 Å². The molecule has 0 aliphatic carbocycles. The third-order valence-corrected chi connectivity index (χ3v) is 5.41. The zero-order valence-electron chi connectivity index (χ0n) is 17.1. The second-order valence-electron chi connectivity index (χ2n) is 6.85. The summed E-state index contributed by atoms with van der Waals surface area (Å²) in [6.07, 6.45) is 6.87. The van der Waals surface area contributed by atoms with Crippen LogP contribution >= 0.6 is 11.3 Å². The highest BCUT2D eigenvalue weighted by Gasteiger charge is 2.18. The van der Waals surface area contributed by atoms with Gasteiger partial charge in [-0.25, -0.2) is 9.78 Å². The number of amides is 1. The minimum Gasteiger partial charge on any atom is -0.464 e. The number of hydrogen-bond donors (Lipinski definition) is 0. The maximum absolute atomic E-state index is 13.0. The molecule has 0 unspecified atom stereocenters. The Morgan fingerprint density at radius 3 is 2.46 bits per heavy atom. The predicted molar refractivity (Wildman–Crippen MR) is 113 cm³/mol. The SMILES string of the molecule is CCCCCCc1ccc(C(=O)N(CCC)Cc2nc(C(=O)OC)cs2)cc1. The second kappa shape index (κ2) is 11.6. The van der Waals surface area contributed by atoms with Crippen molar-refractivity contribution in [1.82, 2.24) is 9.88 Å². The number of esters is 1. The number of nitrogens with zero attached hydrogens (tertiary/aromatic N) is 2. The Bertz CT molecular complexity index is 755. The Kier molecular flexibility index (Phi) is 9.14. The van der Waals surface area contributed by atoms with E-state index in [0.717, 1.165) is 17.8 Å². The number of carbonyl (C=O) groups excluding carboxylic acids is 2.